The number of carbonyl (C=O) groups excluding carboxylic acids is 1. The van der Waals surface area contributed by atoms with Gasteiger partial charge >= 0.3 is 0 Å². The molecule has 0 bridgehead atoms. The molecule has 1 unspecified atom stereocenters. The maximum absolute atomic E-state index is 13.0. The summed E-state index contributed by atoms with van der Waals surface area (Å²) in [7, 11) is 0. The number of pyridine rings is 1. The molecule has 1 aliphatic carbocycles. The third-order valence-corrected chi connectivity index (χ3v) is 5.48. The van der Waals surface area contributed by atoms with Gasteiger partial charge in [-0.05, 0) is 42.9 Å². The number of piperazine rings is 1. The monoisotopic (exact) mass is 351 g/mol. The van der Waals surface area contributed by atoms with Gasteiger partial charge in [-0.25, -0.2) is 0 Å². The lowest BCUT2D eigenvalue weighted by Gasteiger charge is -2.34. The van der Waals surface area contributed by atoms with Crippen molar-refractivity contribution in [1.29, 1.82) is 0 Å². The second kappa shape index (κ2) is 7.46. The smallest absolute Gasteiger partial charge is 0.261 e. The van der Waals surface area contributed by atoms with Gasteiger partial charge in [-0.3, -0.25) is 9.59 Å². The highest BCUT2D eigenvalue weighted by Gasteiger charge is 2.27. The molecule has 5 heteroatoms. The summed E-state index contributed by atoms with van der Waals surface area (Å²) in [5, 5.41) is 3.46. The first-order valence-electron chi connectivity index (χ1n) is 9.55. The average molecular weight is 351 g/mol. The van der Waals surface area contributed by atoms with Crippen molar-refractivity contribution in [1.82, 2.24) is 15.2 Å². The first-order valence-corrected chi connectivity index (χ1v) is 9.55. The predicted octanol–water partition coefficient (Wildman–Crippen LogP) is 2.43. The van der Waals surface area contributed by atoms with E-state index >= 15 is 0 Å². The Morgan fingerprint density at radius 1 is 1.08 bits per heavy atom. The van der Waals surface area contributed by atoms with E-state index in [4.69, 9.17) is 0 Å². The van der Waals surface area contributed by atoms with Crippen LogP contribution in [0.15, 0.2) is 41.2 Å². The summed E-state index contributed by atoms with van der Waals surface area (Å²) in [5.74, 6) is -0.152. The molecule has 1 aliphatic heterocycles. The molecule has 2 heterocycles. The fraction of sp³-hybridized carbons (Fsp3) is 0.429. The Balaban J connectivity index is 1.57. The van der Waals surface area contributed by atoms with E-state index in [1.807, 2.05) is 29.2 Å². The summed E-state index contributed by atoms with van der Waals surface area (Å²) in [4.78, 5) is 30.4. The fourth-order valence-corrected chi connectivity index (χ4v) is 4.02. The number of amides is 1. The first kappa shape index (κ1) is 17.0. The molecule has 1 aromatic carbocycles. The van der Waals surface area contributed by atoms with Crippen molar-refractivity contribution in [3.8, 4) is 0 Å². The molecule has 4 rings (SSSR count). The molecule has 0 radical (unpaired) electrons. The van der Waals surface area contributed by atoms with Crippen LogP contribution < -0.4 is 10.9 Å². The highest BCUT2D eigenvalue weighted by atomic mass is 16.2. The van der Waals surface area contributed by atoms with Crippen molar-refractivity contribution in [2.75, 3.05) is 19.6 Å². The van der Waals surface area contributed by atoms with Crippen molar-refractivity contribution in [3.05, 3.63) is 69.1 Å². The summed E-state index contributed by atoms with van der Waals surface area (Å²) in [6, 6.07) is 12.1. The molecule has 5 nitrogen and oxygen atoms in total. The van der Waals surface area contributed by atoms with Crippen LogP contribution in [0.1, 0.15) is 52.5 Å². The fourth-order valence-electron chi connectivity index (χ4n) is 4.02. The van der Waals surface area contributed by atoms with Crippen LogP contribution in [0.4, 0.5) is 0 Å². The zero-order chi connectivity index (χ0) is 17.9. The van der Waals surface area contributed by atoms with Crippen LogP contribution in [-0.2, 0) is 12.8 Å². The van der Waals surface area contributed by atoms with Crippen molar-refractivity contribution < 1.29 is 4.79 Å². The Hall–Kier alpha value is -2.40. The quantitative estimate of drug-likeness (QED) is 0.817. The molecule has 1 saturated heterocycles. The SMILES string of the molecule is O=C(c1cc2c([nH]c1=O)CCCCC2)N1CCNC(c2ccccc2)C1. The van der Waals surface area contributed by atoms with Crippen LogP contribution in [-0.4, -0.2) is 35.4 Å². The molecule has 0 saturated carbocycles. The Kier molecular flexibility index (Phi) is 4.89. The lowest BCUT2D eigenvalue weighted by atomic mass is 10.0. The van der Waals surface area contributed by atoms with E-state index in [2.05, 4.69) is 22.4 Å². The Labute approximate surface area is 153 Å². The third-order valence-electron chi connectivity index (χ3n) is 5.48. The topological polar surface area (TPSA) is 65.2 Å². The molecule has 1 aromatic heterocycles. The maximum Gasteiger partial charge on any atom is 0.261 e. The molecule has 2 N–H and O–H groups in total. The number of H-pyrrole nitrogens is 1. The largest absolute Gasteiger partial charge is 0.335 e. The molecular formula is C21H25N3O2. The van der Waals surface area contributed by atoms with Crippen LogP contribution >= 0.6 is 0 Å². The Bertz CT molecular complexity index is 844. The Morgan fingerprint density at radius 2 is 1.88 bits per heavy atom. The number of rotatable bonds is 2. The zero-order valence-corrected chi connectivity index (χ0v) is 15.0. The maximum atomic E-state index is 13.0. The second-order valence-electron chi connectivity index (χ2n) is 7.25. The lowest BCUT2D eigenvalue weighted by molar-refractivity contribution is 0.0701. The molecular weight excluding hydrogens is 326 g/mol. The van der Waals surface area contributed by atoms with E-state index in [-0.39, 0.29) is 17.5 Å². The van der Waals surface area contributed by atoms with Crippen LogP contribution in [0, 0.1) is 0 Å². The van der Waals surface area contributed by atoms with E-state index in [0.29, 0.717) is 18.7 Å². The minimum Gasteiger partial charge on any atom is -0.335 e. The van der Waals surface area contributed by atoms with Gasteiger partial charge < -0.3 is 15.2 Å². The van der Waals surface area contributed by atoms with Gasteiger partial charge in [0.15, 0.2) is 0 Å². The van der Waals surface area contributed by atoms with Gasteiger partial charge in [0.25, 0.3) is 11.5 Å². The van der Waals surface area contributed by atoms with Gasteiger partial charge in [-0.2, -0.15) is 0 Å². The minimum absolute atomic E-state index is 0.105. The van der Waals surface area contributed by atoms with Crippen molar-refractivity contribution >= 4 is 5.91 Å². The van der Waals surface area contributed by atoms with E-state index in [9.17, 15) is 9.59 Å². The first-order chi connectivity index (χ1) is 12.7. The Morgan fingerprint density at radius 3 is 2.73 bits per heavy atom. The number of benzene rings is 1. The summed E-state index contributed by atoms with van der Waals surface area (Å²) in [5.41, 5.74) is 3.37. The summed E-state index contributed by atoms with van der Waals surface area (Å²) in [6.07, 6.45) is 5.25. The van der Waals surface area contributed by atoms with E-state index in [1.165, 1.54) is 12.0 Å². The number of nitrogens with one attached hydrogen (secondary N) is 2. The van der Waals surface area contributed by atoms with Crippen LogP contribution in [0.2, 0.25) is 0 Å². The number of fused-ring (bicyclic) bond motifs is 1. The molecule has 0 spiro atoms. The summed E-state index contributed by atoms with van der Waals surface area (Å²) < 4.78 is 0. The van der Waals surface area contributed by atoms with Gasteiger partial charge in [0, 0.05) is 31.4 Å². The molecule has 2 aromatic rings. The molecule has 1 fully saturated rings. The number of hydrogen-bond donors (Lipinski definition) is 2. The highest BCUT2D eigenvalue weighted by molar-refractivity contribution is 5.94. The number of aromatic nitrogens is 1. The normalized spacial score (nSPS) is 20.3. The number of hydrogen-bond acceptors (Lipinski definition) is 3. The van der Waals surface area contributed by atoms with Gasteiger partial charge in [-0.1, -0.05) is 36.8 Å². The third kappa shape index (κ3) is 3.44. The number of carbonyl (C=O) groups is 1. The van der Waals surface area contributed by atoms with Gasteiger partial charge in [0.05, 0.1) is 0 Å². The standard InChI is InChI=1S/C21H25N3O2/c25-20-17(13-16-9-5-2-6-10-18(16)23-20)21(26)24-12-11-22-19(14-24)15-7-3-1-4-8-15/h1,3-4,7-8,13,19,22H,2,5-6,9-12,14H2,(H,23,25). The van der Waals surface area contributed by atoms with Gasteiger partial charge in [0.2, 0.25) is 0 Å². The molecule has 136 valence electrons. The molecule has 26 heavy (non-hydrogen) atoms. The highest BCUT2D eigenvalue weighted by Crippen LogP contribution is 2.21. The van der Waals surface area contributed by atoms with Crippen LogP contribution in [0.25, 0.3) is 0 Å². The van der Waals surface area contributed by atoms with Crippen LogP contribution in [0.3, 0.4) is 0 Å². The second-order valence-corrected chi connectivity index (χ2v) is 7.25. The number of aromatic amines is 1. The minimum atomic E-state index is -0.245. The van der Waals surface area contributed by atoms with Crippen LogP contribution in [0.5, 0.6) is 0 Å². The van der Waals surface area contributed by atoms with Crippen molar-refractivity contribution in [2.45, 2.75) is 38.1 Å². The zero-order valence-electron chi connectivity index (χ0n) is 15.0. The molecule has 1 atom stereocenters. The lowest BCUT2D eigenvalue weighted by Crippen LogP contribution is -2.49. The predicted molar refractivity (Wildman–Crippen MR) is 101 cm³/mol. The molecule has 1 amide bonds. The van der Waals surface area contributed by atoms with Gasteiger partial charge in [-0.15, -0.1) is 0 Å². The number of nitrogens with zero attached hydrogens (tertiary/aromatic N) is 1. The van der Waals surface area contributed by atoms with Crippen molar-refractivity contribution in [2.24, 2.45) is 0 Å². The average Bonchev–Trinajstić information content (AvgIpc) is 2.92. The van der Waals surface area contributed by atoms with Crippen molar-refractivity contribution in [3.63, 3.8) is 0 Å². The van der Waals surface area contributed by atoms with E-state index < -0.39 is 0 Å². The van der Waals surface area contributed by atoms with E-state index in [0.717, 1.165) is 43.5 Å². The summed E-state index contributed by atoms with van der Waals surface area (Å²) in [6.45, 7) is 1.94. The number of aryl methyl sites for hydroxylation is 2. The molecule has 2 aliphatic rings. The van der Waals surface area contributed by atoms with Gasteiger partial charge in [0.1, 0.15) is 5.56 Å². The summed E-state index contributed by atoms with van der Waals surface area (Å²) >= 11 is 0. The van der Waals surface area contributed by atoms with E-state index in [1.54, 1.807) is 0 Å².